The highest BCUT2D eigenvalue weighted by atomic mass is 16.7. The quantitative estimate of drug-likeness (QED) is 0.135. The van der Waals surface area contributed by atoms with Crippen LogP contribution in [-0.2, 0) is 31.9 Å². The number of hydrogen-bond donors (Lipinski definition) is 10. The van der Waals surface area contributed by atoms with Crippen LogP contribution in [0.4, 0.5) is 0 Å². The van der Waals surface area contributed by atoms with E-state index >= 15 is 0 Å². The average Bonchev–Trinajstić information content (AvgIpc) is 3.00. The smallest absolute Gasteiger partial charge is 0.335 e. The van der Waals surface area contributed by atoms with Crippen molar-refractivity contribution in [2.24, 2.45) is 11.8 Å². The zero-order chi connectivity index (χ0) is 34.0. The topological polar surface area (TPSA) is 273 Å². The zero-order valence-electron chi connectivity index (χ0n) is 24.7. The lowest BCUT2D eigenvalue weighted by atomic mass is 9.85. The summed E-state index contributed by atoms with van der Waals surface area (Å²) in [4.78, 5) is 22.8. The van der Waals surface area contributed by atoms with E-state index in [1.54, 1.807) is 12.1 Å². The maximum atomic E-state index is 11.4. The third-order valence-corrected chi connectivity index (χ3v) is 8.25. The highest BCUT2D eigenvalue weighted by molar-refractivity contribution is 5.74. The zero-order valence-corrected chi connectivity index (χ0v) is 24.7. The number of phenolic OH excluding ortho intramolecular Hbond substituents is 2. The number of aliphatic hydroxyl groups is 6. The Kier molecular flexibility index (Phi) is 11.0. The predicted molar refractivity (Wildman–Crippen MR) is 152 cm³/mol. The number of benzene rings is 2. The highest BCUT2D eigenvalue weighted by Gasteiger charge is 2.49. The fraction of sp³-hybridized carbons (Fsp3) is 0.533. The Bertz CT molecular complexity index is 1280. The predicted octanol–water partition coefficient (Wildman–Crippen LogP) is -1.30. The van der Waals surface area contributed by atoms with E-state index < -0.39 is 73.4 Å². The van der Waals surface area contributed by atoms with E-state index in [9.17, 15) is 60.7 Å². The van der Waals surface area contributed by atoms with Gasteiger partial charge in [-0.2, -0.15) is 0 Å². The van der Waals surface area contributed by atoms with E-state index in [0.717, 1.165) is 0 Å². The van der Waals surface area contributed by atoms with Crippen molar-refractivity contribution in [2.45, 2.75) is 88.1 Å². The molecule has 16 nitrogen and oxygen atoms in total. The van der Waals surface area contributed by atoms with Crippen molar-refractivity contribution >= 4 is 11.9 Å². The fourth-order valence-electron chi connectivity index (χ4n) is 5.25. The minimum Gasteiger partial charge on any atom is -0.504 e. The van der Waals surface area contributed by atoms with E-state index in [-0.39, 0.29) is 34.8 Å². The number of rotatable bonds is 11. The average molecular weight is 655 g/mol. The fourth-order valence-corrected chi connectivity index (χ4v) is 5.25. The van der Waals surface area contributed by atoms with Crippen LogP contribution in [0, 0.1) is 11.8 Å². The summed E-state index contributed by atoms with van der Waals surface area (Å²) in [5, 5.41) is 99.6. The van der Waals surface area contributed by atoms with Gasteiger partial charge in [0.1, 0.15) is 36.6 Å². The minimum absolute atomic E-state index is 0.00287. The molecule has 0 saturated carbocycles. The molecule has 0 aliphatic carbocycles. The molecule has 16 heteroatoms. The number of carbonyl (C=O) groups is 2. The first kappa shape index (κ1) is 35.1. The van der Waals surface area contributed by atoms with Gasteiger partial charge in [-0.1, -0.05) is 26.0 Å². The van der Waals surface area contributed by atoms with Crippen molar-refractivity contribution < 1.29 is 79.6 Å². The number of aliphatic carboxylic acids is 2. The van der Waals surface area contributed by atoms with Crippen LogP contribution in [0.2, 0.25) is 0 Å². The Morgan fingerprint density at radius 2 is 0.978 bits per heavy atom. The molecule has 0 spiro atoms. The van der Waals surface area contributed by atoms with Crippen molar-refractivity contribution in [3.05, 3.63) is 47.5 Å². The van der Waals surface area contributed by atoms with Crippen molar-refractivity contribution in [2.75, 3.05) is 0 Å². The maximum Gasteiger partial charge on any atom is 0.335 e. The number of hydrogen-bond acceptors (Lipinski definition) is 14. The lowest BCUT2D eigenvalue weighted by molar-refractivity contribution is -0.271. The van der Waals surface area contributed by atoms with E-state index in [2.05, 4.69) is 0 Å². The van der Waals surface area contributed by atoms with Crippen molar-refractivity contribution in [1.29, 1.82) is 0 Å². The Morgan fingerprint density at radius 1 is 0.630 bits per heavy atom. The Hall–Kier alpha value is -3.74. The van der Waals surface area contributed by atoms with Crippen LogP contribution in [0.3, 0.4) is 0 Å². The van der Waals surface area contributed by atoms with E-state index in [0.29, 0.717) is 24.0 Å². The molecule has 2 heterocycles. The number of aromatic hydroxyl groups is 2. The summed E-state index contributed by atoms with van der Waals surface area (Å²) in [6.45, 7) is 3.92. The van der Waals surface area contributed by atoms with Crippen LogP contribution >= 0.6 is 0 Å². The van der Waals surface area contributed by atoms with E-state index in [4.69, 9.17) is 18.9 Å². The largest absolute Gasteiger partial charge is 0.504 e. The third kappa shape index (κ3) is 7.62. The van der Waals surface area contributed by atoms with Gasteiger partial charge in [-0.25, -0.2) is 9.59 Å². The molecule has 2 aromatic rings. The molecule has 0 radical (unpaired) electrons. The molecule has 254 valence electrons. The molecule has 0 amide bonds. The molecular weight excluding hydrogens is 616 g/mol. The molecule has 2 aliphatic heterocycles. The lowest BCUT2D eigenvalue weighted by Crippen LogP contribution is -2.61. The Balaban J connectivity index is 1.41. The molecule has 0 bridgehead atoms. The molecule has 46 heavy (non-hydrogen) atoms. The van der Waals surface area contributed by atoms with Crippen LogP contribution in [0.1, 0.15) is 25.0 Å². The summed E-state index contributed by atoms with van der Waals surface area (Å²) in [6, 6.07) is 8.90. The van der Waals surface area contributed by atoms with Crippen LogP contribution < -0.4 is 9.47 Å². The molecular formula is C30H38O16. The SMILES string of the molecule is C[C@H](Cc1ccc(O)c(O[C@@H]2O[C@H](C(=O)O)[C@@H](O)[C@H](O)[C@H]2O)c1)[C@@H](C)Cc1ccc(O)c(O[C@H]2O[C@@H](C(=O)O)[C@H](O)[C@@H](O)[C@@H]2O)c1. The standard InChI is InChI=1S/C30H38O16/c1-11(7-13-3-5-15(31)17(9-13)43-29-23(37)19(33)21(35)25(45-29)27(39)40)12(2)8-14-4-6-16(32)18(10-14)44-30-24(38)20(34)22(36)26(46-30)28(41)42/h3-6,9-12,19-26,29-38H,7-8H2,1-2H3,(H,39,40)(H,41,42)/t11-,12+,19+,20-,21+,22-,23-,24+,25+,26-,29-,30+. The second-order valence-electron chi connectivity index (χ2n) is 11.7. The second kappa shape index (κ2) is 14.4. The minimum atomic E-state index is -1.90. The van der Waals surface area contributed by atoms with Gasteiger partial charge in [-0.05, 0) is 60.1 Å². The van der Waals surface area contributed by atoms with Gasteiger partial charge in [0.05, 0.1) is 0 Å². The van der Waals surface area contributed by atoms with Crippen molar-refractivity contribution in [3.8, 4) is 23.0 Å². The first-order valence-corrected chi connectivity index (χ1v) is 14.4. The van der Waals surface area contributed by atoms with Gasteiger partial charge in [0.25, 0.3) is 0 Å². The summed E-state index contributed by atoms with van der Waals surface area (Å²) in [5.74, 6) is -4.14. The highest BCUT2D eigenvalue weighted by Crippen LogP contribution is 2.35. The first-order chi connectivity index (χ1) is 21.6. The summed E-state index contributed by atoms with van der Waals surface area (Å²) < 4.78 is 21.3. The Labute approximate surface area is 262 Å². The normalized spacial score (nSPS) is 32.7. The maximum absolute atomic E-state index is 11.4. The molecule has 0 unspecified atom stereocenters. The van der Waals surface area contributed by atoms with E-state index in [1.165, 1.54) is 24.3 Å². The molecule has 10 N–H and O–H groups in total. The van der Waals surface area contributed by atoms with Crippen LogP contribution in [0.25, 0.3) is 0 Å². The van der Waals surface area contributed by atoms with Gasteiger partial charge in [0.2, 0.25) is 12.6 Å². The monoisotopic (exact) mass is 654 g/mol. The molecule has 2 aliphatic rings. The van der Waals surface area contributed by atoms with Gasteiger partial charge in [-0.3, -0.25) is 0 Å². The summed E-state index contributed by atoms with van der Waals surface area (Å²) in [6.07, 6.45) is -17.4. The van der Waals surface area contributed by atoms with E-state index in [1.807, 2.05) is 13.8 Å². The van der Waals surface area contributed by atoms with Crippen LogP contribution in [0.15, 0.2) is 36.4 Å². The third-order valence-electron chi connectivity index (χ3n) is 8.25. The molecule has 4 rings (SSSR count). The lowest BCUT2D eigenvalue weighted by Gasteiger charge is -2.38. The number of aliphatic hydroxyl groups excluding tert-OH is 6. The van der Waals surface area contributed by atoms with Crippen LogP contribution in [-0.4, -0.2) is 124 Å². The van der Waals surface area contributed by atoms with Gasteiger partial charge < -0.3 is 70.0 Å². The summed E-state index contributed by atoms with van der Waals surface area (Å²) >= 11 is 0. The van der Waals surface area contributed by atoms with Crippen molar-refractivity contribution in [1.82, 2.24) is 0 Å². The van der Waals surface area contributed by atoms with Gasteiger partial charge in [-0.15, -0.1) is 0 Å². The summed E-state index contributed by atoms with van der Waals surface area (Å²) in [7, 11) is 0. The number of ether oxygens (including phenoxy) is 4. The second-order valence-corrected chi connectivity index (χ2v) is 11.7. The molecule has 12 atom stereocenters. The molecule has 2 saturated heterocycles. The van der Waals surface area contributed by atoms with Gasteiger partial charge in [0, 0.05) is 0 Å². The van der Waals surface area contributed by atoms with Gasteiger partial charge in [0.15, 0.2) is 35.2 Å². The van der Waals surface area contributed by atoms with Gasteiger partial charge >= 0.3 is 11.9 Å². The first-order valence-electron chi connectivity index (χ1n) is 14.4. The number of carboxylic acid groups (broad SMARTS) is 2. The van der Waals surface area contributed by atoms with Crippen LogP contribution in [0.5, 0.6) is 23.0 Å². The number of phenols is 2. The van der Waals surface area contributed by atoms with Crippen molar-refractivity contribution in [3.63, 3.8) is 0 Å². The molecule has 2 aromatic carbocycles. The molecule has 2 fully saturated rings. The molecule has 0 aromatic heterocycles. The Morgan fingerprint density at radius 3 is 1.30 bits per heavy atom. The summed E-state index contributed by atoms with van der Waals surface area (Å²) in [5.41, 5.74) is 1.39. The number of carboxylic acids is 2.